The number of ketones is 1. The van der Waals surface area contributed by atoms with E-state index in [1.807, 2.05) is 13.8 Å². The first-order valence-electron chi connectivity index (χ1n) is 10.8. The minimum absolute atomic E-state index is 0.0248. The third-order valence-corrected chi connectivity index (χ3v) is 8.62. The Morgan fingerprint density at radius 1 is 1.13 bits per heavy atom. The summed E-state index contributed by atoms with van der Waals surface area (Å²) in [6, 6.07) is 17.0. The summed E-state index contributed by atoms with van der Waals surface area (Å²) in [4.78, 5) is 11.8. The van der Waals surface area contributed by atoms with Gasteiger partial charge in [-0.3, -0.25) is 4.79 Å². The maximum atomic E-state index is 11.8. The van der Waals surface area contributed by atoms with Crippen LogP contribution in [0.3, 0.4) is 0 Å². The molecule has 0 aromatic heterocycles. The number of aryl methyl sites for hydroxylation is 1. The van der Waals surface area contributed by atoms with Crippen LogP contribution in [-0.4, -0.2) is 24.5 Å². The molecule has 0 saturated heterocycles. The van der Waals surface area contributed by atoms with E-state index in [9.17, 15) is 17.8 Å². The molecule has 0 unspecified atom stereocenters. The highest BCUT2D eigenvalue weighted by atomic mass is 32.2. The molecule has 4 rings (SSSR count). The molecule has 2 fully saturated rings. The first kappa shape index (κ1) is 23.6. The van der Waals surface area contributed by atoms with Gasteiger partial charge >= 0.3 is 0 Å². The first-order valence-corrected chi connectivity index (χ1v) is 12.4. The molecule has 31 heavy (non-hydrogen) atoms. The zero-order chi connectivity index (χ0) is 23.0. The van der Waals surface area contributed by atoms with E-state index in [1.165, 1.54) is 22.4 Å². The molecule has 0 radical (unpaired) electrons. The molecule has 2 aromatic carbocycles. The van der Waals surface area contributed by atoms with Crippen LogP contribution in [-0.2, 0) is 14.9 Å². The Morgan fingerprint density at radius 2 is 1.77 bits per heavy atom. The molecule has 2 aromatic rings. The van der Waals surface area contributed by atoms with E-state index < -0.39 is 21.3 Å². The predicted molar refractivity (Wildman–Crippen MR) is 121 cm³/mol. The number of carbonyl (C=O) groups is 1. The van der Waals surface area contributed by atoms with Crippen molar-refractivity contribution in [2.75, 3.05) is 5.75 Å². The summed E-state index contributed by atoms with van der Waals surface area (Å²) >= 11 is 0. The summed E-state index contributed by atoms with van der Waals surface area (Å²) < 4.78 is 32.7. The second-order valence-corrected chi connectivity index (χ2v) is 11.0. The molecular formula is C25H33NO4S. The highest BCUT2D eigenvalue weighted by molar-refractivity contribution is 7.85. The van der Waals surface area contributed by atoms with E-state index >= 15 is 0 Å². The molecule has 0 spiro atoms. The smallest absolute Gasteiger partial charge is 0.140 e. The van der Waals surface area contributed by atoms with Gasteiger partial charge in [0.2, 0.25) is 0 Å². The van der Waals surface area contributed by atoms with Gasteiger partial charge in [0.1, 0.15) is 11.5 Å². The fraction of sp³-hybridized carbons (Fsp3) is 0.480. The molecule has 0 amide bonds. The third kappa shape index (κ3) is 4.47. The third-order valence-electron chi connectivity index (χ3n) is 7.77. The number of rotatable bonds is 4. The van der Waals surface area contributed by atoms with Gasteiger partial charge in [0.25, 0.3) is 0 Å². The number of carbonyl (C=O) groups excluding carboxylic acids is 1. The van der Waals surface area contributed by atoms with Crippen molar-refractivity contribution in [3.63, 3.8) is 0 Å². The number of benzene rings is 2. The SMILES string of the molecule is CC1(C)[C@@H]2CC[C@@]1(CS(=O)(=O)[O-])C(=O)C2.Cc1cccc([C@H](C)c2ccccc2)c1[NH3+]. The minimum Gasteiger partial charge on any atom is -0.748 e. The Kier molecular flexibility index (Phi) is 6.47. The van der Waals surface area contributed by atoms with E-state index in [-0.39, 0.29) is 17.1 Å². The summed E-state index contributed by atoms with van der Waals surface area (Å²) in [5.41, 5.74) is 8.04. The van der Waals surface area contributed by atoms with Gasteiger partial charge in [0, 0.05) is 28.9 Å². The summed E-state index contributed by atoms with van der Waals surface area (Å²) in [7, 11) is -4.33. The molecule has 3 N–H and O–H groups in total. The molecule has 2 aliphatic carbocycles. The van der Waals surface area contributed by atoms with Crippen molar-refractivity contribution in [3.8, 4) is 0 Å². The molecule has 2 aliphatic rings. The molecule has 5 nitrogen and oxygen atoms in total. The Labute approximate surface area is 185 Å². The van der Waals surface area contributed by atoms with E-state index in [2.05, 4.69) is 68.1 Å². The Hall–Kier alpha value is -2.02. The topological polar surface area (TPSA) is 102 Å². The van der Waals surface area contributed by atoms with Crippen molar-refractivity contribution >= 4 is 21.6 Å². The first-order chi connectivity index (χ1) is 14.4. The lowest BCUT2D eigenvalue weighted by Crippen LogP contribution is -2.42. The van der Waals surface area contributed by atoms with Gasteiger partial charge in [0.05, 0.1) is 15.9 Å². The molecule has 2 saturated carbocycles. The molecule has 3 atom stereocenters. The predicted octanol–water partition coefficient (Wildman–Crippen LogP) is 3.95. The van der Waals surface area contributed by atoms with E-state index in [0.717, 1.165) is 6.42 Å². The summed E-state index contributed by atoms with van der Waals surface area (Å²) in [6.07, 6.45) is 1.88. The van der Waals surface area contributed by atoms with Crippen molar-refractivity contribution in [1.82, 2.24) is 0 Å². The van der Waals surface area contributed by atoms with Crippen molar-refractivity contribution in [2.24, 2.45) is 16.7 Å². The number of hydrogen-bond acceptors (Lipinski definition) is 4. The summed E-state index contributed by atoms with van der Waals surface area (Å²) in [5.74, 6) is 0.131. The zero-order valence-electron chi connectivity index (χ0n) is 18.9. The van der Waals surface area contributed by atoms with Crippen LogP contribution in [0.15, 0.2) is 48.5 Å². The van der Waals surface area contributed by atoms with Crippen LogP contribution in [0.2, 0.25) is 0 Å². The lowest BCUT2D eigenvalue weighted by Gasteiger charge is -2.37. The van der Waals surface area contributed by atoms with Crippen LogP contribution in [0.1, 0.15) is 62.6 Å². The lowest BCUT2D eigenvalue weighted by atomic mass is 9.70. The molecule has 168 valence electrons. The quantitative estimate of drug-likeness (QED) is 0.723. The number of quaternary nitrogens is 1. The average molecular weight is 444 g/mol. The van der Waals surface area contributed by atoms with E-state index in [0.29, 0.717) is 18.8 Å². The molecular weight excluding hydrogens is 410 g/mol. The van der Waals surface area contributed by atoms with Crippen molar-refractivity contribution in [1.29, 1.82) is 0 Å². The lowest BCUT2D eigenvalue weighted by molar-refractivity contribution is -0.256. The second kappa shape index (κ2) is 8.49. The molecule has 0 heterocycles. The highest BCUT2D eigenvalue weighted by Gasteiger charge is 2.64. The standard InChI is InChI=1S/C15H17N.C10H16O4S/c1-11-7-6-10-14(15(11)16)12(2)13-8-4-3-5-9-13;1-9(2)7-3-4-10(9,8(11)5-7)6-15(12,13)14/h3-10,12H,16H2,1-2H3;7H,3-6H2,1-2H3,(H,12,13,14)/t12-;7-,10-/m11/s1. The van der Waals surface area contributed by atoms with Crippen LogP contribution in [0, 0.1) is 23.7 Å². The Balaban J connectivity index is 0.000000176. The molecule has 2 bridgehead atoms. The number of hydrogen-bond donors (Lipinski definition) is 1. The van der Waals surface area contributed by atoms with Gasteiger partial charge in [-0.15, -0.1) is 0 Å². The van der Waals surface area contributed by atoms with Crippen molar-refractivity contribution in [3.05, 3.63) is 65.2 Å². The van der Waals surface area contributed by atoms with Crippen LogP contribution in [0.5, 0.6) is 0 Å². The zero-order valence-corrected chi connectivity index (χ0v) is 19.7. The summed E-state index contributed by atoms with van der Waals surface area (Å²) in [6.45, 7) is 8.18. The van der Waals surface area contributed by atoms with Crippen molar-refractivity contribution < 1.29 is 23.5 Å². The Morgan fingerprint density at radius 3 is 2.29 bits per heavy atom. The van der Waals surface area contributed by atoms with Gasteiger partial charge in [-0.05, 0) is 36.7 Å². The largest absolute Gasteiger partial charge is 0.748 e. The van der Waals surface area contributed by atoms with Gasteiger partial charge in [-0.1, -0.05) is 69.3 Å². The number of Topliss-reactive ketones (excluding diaryl/α,β-unsaturated/α-hetero) is 1. The van der Waals surface area contributed by atoms with Gasteiger partial charge in [-0.2, -0.15) is 0 Å². The molecule has 6 heteroatoms. The maximum Gasteiger partial charge on any atom is 0.140 e. The van der Waals surface area contributed by atoms with Gasteiger partial charge in [0.15, 0.2) is 0 Å². The molecule has 0 aliphatic heterocycles. The van der Waals surface area contributed by atoms with Crippen LogP contribution < -0.4 is 5.73 Å². The maximum absolute atomic E-state index is 11.8. The summed E-state index contributed by atoms with van der Waals surface area (Å²) in [5, 5.41) is 0. The fourth-order valence-corrected chi connectivity index (χ4v) is 6.74. The van der Waals surface area contributed by atoms with Crippen LogP contribution in [0.4, 0.5) is 5.69 Å². The van der Waals surface area contributed by atoms with E-state index in [4.69, 9.17) is 0 Å². The highest BCUT2D eigenvalue weighted by Crippen LogP contribution is 2.64. The van der Waals surface area contributed by atoms with E-state index in [1.54, 1.807) is 0 Å². The van der Waals surface area contributed by atoms with Crippen LogP contribution in [0.25, 0.3) is 0 Å². The van der Waals surface area contributed by atoms with Crippen molar-refractivity contribution in [2.45, 2.75) is 52.9 Å². The monoisotopic (exact) mass is 443 g/mol. The second-order valence-electron chi connectivity index (χ2n) is 9.64. The normalized spacial score (nSPS) is 25.1. The van der Waals surface area contributed by atoms with Crippen LogP contribution >= 0.6 is 0 Å². The number of fused-ring (bicyclic) bond motifs is 2. The average Bonchev–Trinajstić information content (AvgIpc) is 3.04. The fourth-order valence-electron chi connectivity index (χ4n) is 5.46. The minimum atomic E-state index is -4.33. The van der Waals surface area contributed by atoms with Gasteiger partial charge < -0.3 is 10.3 Å². The Bertz CT molecular complexity index is 1060. The van der Waals surface area contributed by atoms with Gasteiger partial charge in [-0.25, -0.2) is 8.42 Å².